The molecule has 0 amide bonds. The van der Waals surface area contributed by atoms with E-state index in [2.05, 4.69) is 36.7 Å². The van der Waals surface area contributed by atoms with Crippen LogP contribution in [-0.4, -0.2) is 8.42 Å². The summed E-state index contributed by atoms with van der Waals surface area (Å²) >= 11 is 3.48. The molecule has 0 saturated carbocycles. The summed E-state index contributed by atoms with van der Waals surface area (Å²) in [6.07, 6.45) is 0. The molecule has 0 radical (unpaired) electrons. The predicted octanol–water partition coefficient (Wildman–Crippen LogP) is 5.67. The average Bonchev–Trinajstić information content (AvgIpc) is 2.54. The molecule has 0 saturated heterocycles. The minimum atomic E-state index is -3.87. The first-order valence-electron chi connectivity index (χ1n) is 7.90. The zero-order valence-corrected chi connectivity index (χ0v) is 16.7. The fraction of sp³-hybridized carbons (Fsp3) is 0.200. The first kappa shape index (κ1) is 18.0. The molecule has 0 heterocycles. The van der Waals surface area contributed by atoms with Gasteiger partial charge < -0.3 is 4.18 Å². The van der Waals surface area contributed by atoms with Crippen LogP contribution in [0.4, 0.5) is 0 Å². The highest BCUT2D eigenvalue weighted by Gasteiger charge is 2.19. The normalized spacial score (nSPS) is 12.3. The molecule has 0 unspecified atom stereocenters. The van der Waals surface area contributed by atoms with Crippen LogP contribution in [0.5, 0.6) is 5.75 Å². The molecule has 0 aromatic heterocycles. The second-order valence-electron chi connectivity index (χ2n) is 6.93. The average molecular weight is 419 g/mol. The molecular formula is C20H19BrO3S. The van der Waals surface area contributed by atoms with Crippen molar-refractivity contribution in [3.8, 4) is 5.75 Å². The Hall–Kier alpha value is -1.85. The van der Waals surface area contributed by atoms with Gasteiger partial charge in [-0.2, -0.15) is 8.42 Å². The SMILES string of the molecule is CC(C)(C)c1ccc(S(=O)(=O)Oc2ccc3c(Br)cccc3c2)cc1. The van der Waals surface area contributed by atoms with Crippen molar-refractivity contribution in [1.82, 2.24) is 0 Å². The van der Waals surface area contributed by atoms with Crippen molar-refractivity contribution in [2.24, 2.45) is 0 Å². The number of hydrogen-bond donors (Lipinski definition) is 0. The first-order valence-corrected chi connectivity index (χ1v) is 10.1. The van der Waals surface area contributed by atoms with Crippen molar-refractivity contribution in [1.29, 1.82) is 0 Å². The molecule has 0 bridgehead atoms. The van der Waals surface area contributed by atoms with Gasteiger partial charge in [0.25, 0.3) is 0 Å². The third-order valence-corrected chi connectivity index (χ3v) is 5.97. The van der Waals surface area contributed by atoms with Gasteiger partial charge in [-0.15, -0.1) is 0 Å². The number of halogens is 1. The van der Waals surface area contributed by atoms with Gasteiger partial charge in [-0.1, -0.05) is 61.0 Å². The quantitative estimate of drug-likeness (QED) is 0.514. The molecule has 0 aliphatic heterocycles. The molecule has 0 spiro atoms. The lowest BCUT2D eigenvalue weighted by molar-refractivity contribution is 0.486. The Kier molecular flexibility index (Phi) is 4.64. The van der Waals surface area contributed by atoms with E-state index in [1.54, 1.807) is 24.3 Å². The van der Waals surface area contributed by atoms with Gasteiger partial charge in [-0.05, 0) is 58.1 Å². The fourth-order valence-electron chi connectivity index (χ4n) is 2.57. The van der Waals surface area contributed by atoms with Gasteiger partial charge in [0.15, 0.2) is 0 Å². The van der Waals surface area contributed by atoms with E-state index in [0.717, 1.165) is 20.8 Å². The van der Waals surface area contributed by atoms with Crippen LogP contribution in [0.3, 0.4) is 0 Å². The predicted molar refractivity (Wildman–Crippen MR) is 105 cm³/mol. The van der Waals surface area contributed by atoms with Crippen LogP contribution in [0.2, 0.25) is 0 Å². The van der Waals surface area contributed by atoms with E-state index in [0.29, 0.717) is 5.75 Å². The Labute approximate surface area is 156 Å². The van der Waals surface area contributed by atoms with Crippen LogP contribution >= 0.6 is 15.9 Å². The van der Waals surface area contributed by atoms with E-state index in [4.69, 9.17) is 4.18 Å². The number of rotatable bonds is 3. The molecule has 0 atom stereocenters. The van der Waals surface area contributed by atoms with E-state index in [9.17, 15) is 8.42 Å². The highest BCUT2D eigenvalue weighted by atomic mass is 79.9. The molecule has 3 aromatic carbocycles. The summed E-state index contributed by atoms with van der Waals surface area (Å²) in [4.78, 5) is 0.148. The topological polar surface area (TPSA) is 43.4 Å². The van der Waals surface area contributed by atoms with Gasteiger partial charge in [0.1, 0.15) is 10.6 Å². The minimum Gasteiger partial charge on any atom is -0.379 e. The van der Waals surface area contributed by atoms with Gasteiger partial charge in [-0.3, -0.25) is 0 Å². The van der Waals surface area contributed by atoms with Crippen molar-refractivity contribution in [3.05, 3.63) is 70.7 Å². The summed E-state index contributed by atoms with van der Waals surface area (Å²) in [6.45, 7) is 6.25. The Morgan fingerprint density at radius 2 is 1.60 bits per heavy atom. The molecule has 3 rings (SSSR count). The summed E-state index contributed by atoms with van der Waals surface area (Å²) in [5, 5.41) is 1.91. The third-order valence-electron chi connectivity index (χ3n) is 4.01. The van der Waals surface area contributed by atoms with E-state index < -0.39 is 10.1 Å². The maximum absolute atomic E-state index is 12.5. The first-order chi connectivity index (χ1) is 11.7. The van der Waals surface area contributed by atoms with Crippen LogP contribution in [-0.2, 0) is 15.5 Å². The van der Waals surface area contributed by atoms with E-state index >= 15 is 0 Å². The van der Waals surface area contributed by atoms with Crippen LogP contribution < -0.4 is 4.18 Å². The summed E-state index contributed by atoms with van der Waals surface area (Å²) in [6, 6.07) is 17.8. The summed E-state index contributed by atoms with van der Waals surface area (Å²) < 4.78 is 31.3. The van der Waals surface area contributed by atoms with Gasteiger partial charge in [-0.25, -0.2) is 0 Å². The smallest absolute Gasteiger partial charge is 0.339 e. The molecule has 3 nitrogen and oxygen atoms in total. The second kappa shape index (κ2) is 6.46. The lowest BCUT2D eigenvalue weighted by atomic mass is 9.87. The molecule has 0 N–H and O–H groups in total. The van der Waals surface area contributed by atoms with Crippen LogP contribution in [0, 0.1) is 0 Å². The molecule has 5 heteroatoms. The molecule has 0 aliphatic carbocycles. The van der Waals surface area contributed by atoms with Crippen molar-refractivity contribution in [3.63, 3.8) is 0 Å². The molecule has 3 aromatic rings. The number of benzene rings is 3. The molecule has 130 valence electrons. The highest BCUT2D eigenvalue weighted by molar-refractivity contribution is 9.10. The van der Waals surface area contributed by atoms with Gasteiger partial charge >= 0.3 is 10.1 Å². The van der Waals surface area contributed by atoms with E-state index in [1.807, 2.05) is 36.4 Å². The van der Waals surface area contributed by atoms with Crippen molar-refractivity contribution >= 4 is 36.8 Å². The fourth-order valence-corrected chi connectivity index (χ4v) is 4.01. The van der Waals surface area contributed by atoms with Gasteiger partial charge in [0, 0.05) is 4.47 Å². The second-order valence-corrected chi connectivity index (χ2v) is 9.34. The largest absolute Gasteiger partial charge is 0.379 e. The van der Waals surface area contributed by atoms with Crippen LogP contribution in [0.15, 0.2) is 70.0 Å². The highest BCUT2D eigenvalue weighted by Crippen LogP contribution is 2.29. The van der Waals surface area contributed by atoms with Crippen molar-refractivity contribution in [2.75, 3.05) is 0 Å². The van der Waals surface area contributed by atoms with Crippen LogP contribution in [0.25, 0.3) is 10.8 Å². The summed E-state index contributed by atoms with van der Waals surface area (Å²) in [7, 11) is -3.87. The van der Waals surface area contributed by atoms with E-state index in [1.165, 1.54) is 0 Å². The number of hydrogen-bond acceptors (Lipinski definition) is 3. The Morgan fingerprint density at radius 3 is 2.24 bits per heavy atom. The lowest BCUT2D eigenvalue weighted by Crippen LogP contribution is -2.13. The van der Waals surface area contributed by atoms with Crippen molar-refractivity contribution < 1.29 is 12.6 Å². The standard InChI is InChI=1S/C20H19BrO3S/c1-20(2,3)15-7-10-17(11-8-15)25(22,23)24-16-9-12-18-14(13-16)5-4-6-19(18)21/h4-13H,1-3H3. The van der Waals surface area contributed by atoms with E-state index in [-0.39, 0.29) is 10.3 Å². The third kappa shape index (κ3) is 3.88. The Balaban J connectivity index is 1.91. The zero-order valence-electron chi connectivity index (χ0n) is 14.3. The maximum Gasteiger partial charge on any atom is 0.339 e. The molecule has 25 heavy (non-hydrogen) atoms. The zero-order chi connectivity index (χ0) is 18.2. The minimum absolute atomic E-state index is 0.0329. The van der Waals surface area contributed by atoms with Gasteiger partial charge in [0.05, 0.1) is 0 Å². The molecule has 0 aliphatic rings. The van der Waals surface area contributed by atoms with Crippen LogP contribution in [0.1, 0.15) is 26.3 Å². The van der Waals surface area contributed by atoms with Crippen molar-refractivity contribution in [2.45, 2.75) is 31.1 Å². The Morgan fingerprint density at radius 1 is 0.920 bits per heavy atom. The summed E-state index contributed by atoms with van der Waals surface area (Å²) in [5.41, 5.74) is 1.04. The monoisotopic (exact) mass is 418 g/mol. The molecule has 0 fully saturated rings. The lowest BCUT2D eigenvalue weighted by Gasteiger charge is -2.19. The maximum atomic E-state index is 12.5. The summed E-state index contributed by atoms with van der Waals surface area (Å²) in [5.74, 6) is 0.297. The Bertz CT molecular complexity index is 1020. The number of fused-ring (bicyclic) bond motifs is 1. The molecular weight excluding hydrogens is 400 g/mol. The van der Waals surface area contributed by atoms with Gasteiger partial charge in [0.2, 0.25) is 0 Å².